The molecule has 2 aliphatic heterocycles. The van der Waals surface area contributed by atoms with E-state index in [0.29, 0.717) is 23.7 Å². The lowest BCUT2D eigenvalue weighted by molar-refractivity contribution is 0.0650. The maximum absolute atomic E-state index is 13.2. The van der Waals surface area contributed by atoms with E-state index in [1.165, 1.54) is 17.0 Å². The van der Waals surface area contributed by atoms with Crippen molar-refractivity contribution in [1.29, 1.82) is 0 Å². The number of nitrogens with zero attached hydrogens (tertiary/aromatic N) is 2. The van der Waals surface area contributed by atoms with Crippen molar-refractivity contribution >= 4 is 11.8 Å². The van der Waals surface area contributed by atoms with Gasteiger partial charge in [0.25, 0.3) is 11.8 Å². The van der Waals surface area contributed by atoms with Crippen LogP contribution in [-0.2, 0) is 0 Å². The van der Waals surface area contributed by atoms with Gasteiger partial charge in [-0.2, -0.15) is 0 Å². The predicted octanol–water partition coefficient (Wildman–Crippen LogP) is 4.04. The smallest absolute Gasteiger partial charge is 0.261 e. The third-order valence-electron chi connectivity index (χ3n) is 5.57. The molecule has 140 valence electrons. The molecule has 4 rings (SSSR count). The van der Waals surface area contributed by atoms with E-state index < -0.39 is 0 Å². The van der Waals surface area contributed by atoms with Gasteiger partial charge in [-0.15, -0.1) is 0 Å². The summed E-state index contributed by atoms with van der Waals surface area (Å²) in [6, 6.07) is 14.1. The minimum atomic E-state index is -0.204. The van der Waals surface area contributed by atoms with Gasteiger partial charge < -0.3 is 0 Å². The van der Waals surface area contributed by atoms with Crippen molar-refractivity contribution in [3.63, 3.8) is 0 Å². The molecule has 2 aliphatic rings. The summed E-state index contributed by atoms with van der Waals surface area (Å²) in [6.07, 6.45) is 3.94. The molecule has 2 aromatic rings. The first-order valence-corrected chi connectivity index (χ1v) is 9.60. The second-order valence-electron chi connectivity index (χ2n) is 7.26. The summed E-state index contributed by atoms with van der Waals surface area (Å²) in [5, 5.41) is 0. The largest absolute Gasteiger partial charge is 0.296 e. The molecule has 4 nitrogen and oxygen atoms in total. The zero-order valence-electron chi connectivity index (χ0n) is 15.2. The summed E-state index contributed by atoms with van der Waals surface area (Å²) in [5.41, 5.74) is 2.19. The highest BCUT2D eigenvalue weighted by Gasteiger charge is 2.34. The average molecular weight is 366 g/mol. The summed E-state index contributed by atoms with van der Waals surface area (Å²) in [5.74, 6) is -0.564. The molecule has 1 atom stereocenters. The molecule has 1 unspecified atom stereocenters. The van der Waals surface area contributed by atoms with Gasteiger partial charge >= 0.3 is 0 Å². The molecule has 0 spiro atoms. The van der Waals surface area contributed by atoms with Crippen LogP contribution in [-0.4, -0.2) is 41.2 Å². The molecule has 0 radical (unpaired) electrons. The molecule has 1 saturated heterocycles. The van der Waals surface area contributed by atoms with Gasteiger partial charge in [-0.3, -0.25) is 19.4 Å². The van der Waals surface area contributed by atoms with Crippen molar-refractivity contribution in [3.05, 3.63) is 71.0 Å². The molecule has 0 aliphatic carbocycles. The number of carbonyl (C=O) groups excluding carboxylic acids is 2. The lowest BCUT2D eigenvalue weighted by atomic mass is 10.0. The number of imide groups is 1. The lowest BCUT2D eigenvalue weighted by Gasteiger charge is -2.25. The Bertz CT molecular complexity index is 815. The first-order valence-electron chi connectivity index (χ1n) is 9.60. The van der Waals surface area contributed by atoms with E-state index in [-0.39, 0.29) is 17.6 Å². The zero-order chi connectivity index (χ0) is 18.8. The number of unbranched alkanes of at least 4 members (excludes halogenated alkanes) is 1. The molecule has 27 heavy (non-hydrogen) atoms. The van der Waals surface area contributed by atoms with Crippen LogP contribution in [0.5, 0.6) is 0 Å². The Labute approximate surface area is 158 Å². The molecule has 2 amide bonds. The van der Waals surface area contributed by atoms with Crippen molar-refractivity contribution in [3.8, 4) is 0 Å². The summed E-state index contributed by atoms with van der Waals surface area (Å²) < 4.78 is 13.2. The second-order valence-corrected chi connectivity index (χ2v) is 7.26. The van der Waals surface area contributed by atoms with Gasteiger partial charge in [0.05, 0.1) is 11.1 Å². The highest BCUT2D eigenvalue weighted by molar-refractivity contribution is 6.21. The Morgan fingerprint density at radius 2 is 1.52 bits per heavy atom. The summed E-state index contributed by atoms with van der Waals surface area (Å²) in [6.45, 7) is 2.42. The number of fused-ring (bicyclic) bond motifs is 1. The minimum absolute atomic E-state index is 0.180. The molecular weight excluding hydrogens is 343 g/mol. The third kappa shape index (κ3) is 3.52. The SMILES string of the molecule is O=C1c2ccccc2C(=O)N1CCCCN1CCCC1c1ccc(F)cc1. The predicted molar refractivity (Wildman–Crippen MR) is 101 cm³/mol. The third-order valence-corrected chi connectivity index (χ3v) is 5.57. The highest BCUT2D eigenvalue weighted by atomic mass is 19.1. The maximum atomic E-state index is 13.2. The van der Waals surface area contributed by atoms with E-state index in [0.717, 1.165) is 44.3 Å². The standard InChI is InChI=1S/C22H23FN2O2/c23-17-11-9-16(10-12-17)20-8-5-14-24(20)13-3-4-15-25-21(26)18-6-1-2-7-19(18)22(25)27/h1-2,6-7,9-12,20H,3-5,8,13-15H2. The minimum Gasteiger partial charge on any atom is -0.296 e. The number of carbonyl (C=O) groups is 2. The monoisotopic (exact) mass is 366 g/mol. The van der Waals surface area contributed by atoms with E-state index in [2.05, 4.69) is 4.90 Å². The number of hydrogen-bond acceptors (Lipinski definition) is 3. The maximum Gasteiger partial charge on any atom is 0.261 e. The zero-order valence-corrected chi connectivity index (χ0v) is 15.2. The first-order chi connectivity index (χ1) is 13.1. The van der Waals surface area contributed by atoms with Crippen LogP contribution < -0.4 is 0 Å². The van der Waals surface area contributed by atoms with Crippen LogP contribution in [0, 0.1) is 5.82 Å². The van der Waals surface area contributed by atoms with Crippen LogP contribution in [0.3, 0.4) is 0 Å². The average Bonchev–Trinajstić information content (AvgIpc) is 3.24. The second kappa shape index (κ2) is 7.61. The summed E-state index contributed by atoms with van der Waals surface area (Å²) in [7, 11) is 0. The Morgan fingerprint density at radius 1 is 0.889 bits per heavy atom. The van der Waals surface area contributed by atoms with Crippen LogP contribution in [0.15, 0.2) is 48.5 Å². The van der Waals surface area contributed by atoms with E-state index in [9.17, 15) is 14.0 Å². The van der Waals surface area contributed by atoms with Crippen LogP contribution in [0.2, 0.25) is 0 Å². The van der Waals surface area contributed by atoms with Crippen molar-refractivity contribution in [1.82, 2.24) is 9.80 Å². The van der Waals surface area contributed by atoms with Crippen molar-refractivity contribution in [2.45, 2.75) is 31.7 Å². The fourth-order valence-corrected chi connectivity index (χ4v) is 4.18. The molecule has 2 aromatic carbocycles. The number of amides is 2. The quantitative estimate of drug-likeness (QED) is 0.572. The topological polar surface area (TPSA) is 40.6 Å². The fourth-order valence-electron chi connectivity index (χ4n) is 4.18. The molecule has 1 fully saturated rings. The van der Waals surface area contributed by atoms with Gasteiger partial charge in [0, 0.05) is 12.6 Å². The first kappa shape index (κ1) is 17.9. The van der Waals surface area contributed by atoms with E-state index >= 15 is 0 Å². The van der Waals surface area contributed by atoms with Gasteiger partial charge in [-0.1, -0.05) is 24.3 Å². The Kier molecular flexibility index (Phi) is 5.03. The number of likely N-dealkylation sites (tertiary alicyclic amines) is 1. The highest BCUT2D eigenvalue weighted by Crippen LogP contribution is 2.32. The van der Waals surface area contributed by atoms with Crippen molar-refractivity contribution in [2.75, 3.05) is 19.6 Å². The van der Waals surface area contributed by atoms with Crippen LogP contribution >= 0.6 is 0 Å². The molecule has 0 bridgehead atoms. The molecular formula is C22H23FN2O2. The summed E-state index contributed by atoms with van der Waals surface area (Å²) >= 11 is 0. The molecule has 5 heteroatoms. The van der Waals surface area contributed by atoms with Gasteiger partial charge in [0.1, 0.15) is 5.82 Å². The summed E-state index contributed by atoms with van der Waals surface area (Å²) in [4.78, 5) is 28.6. The van der Waals surface area contributed by atoms with Crippen LogP contribution in [0.1, 0.15) is 58.0 Å². The molecule has 0 N–H and O–H groups in total. The lowest BCUT2D eigenvalue weighted by Crippen LogP contribution is -2.31. The Morgan fingerprint density at radius 3 is 2.19 bits per heavy atom. The van der Waals surface area contributed by atoms with Crippen molar-refractivity contribution in [2.24, 2.45) is 0 Å². The van der Waals surface area contributed by atoms with Gasteiger partial charge in [-0.25, -0.2) is 4.39 Å². The fraction of sp³-hybridized carbons (Fsp3) is 0.364. The number of hydrogen-bond donors (Lipinski definition) is 0. The molecule has 0 aromatic heterocycles. The normalized spacial score (nSPS) is 19.7. The van der Waals surface area contributed by atoms with E-state index in [4.69, 9.17) is 0 Å². The van der Waals surface area contributed by atoms with Crippen molar-refractivity contribution < 1.29 is 14.0 Å². The Balaban J connectivity index is 1.30. The van der Waals surface area contributed by atoms with E-state index in [1.807, 2.05) is 12.1 Å². The van der Waals surface area contributed by atoms with Gasteiger partial charge in [0.15, 0.2) is 0 Å². The van der Waals surface area contributed by atoms with Gasteiger partial charge in [-0.05, 0) is 68.6 Å². The van der Waals surface area contributed by atoms with Crippen LogP contribution in [0.4, 0.5) is 4.39 Å². The van der Waals surface area contributed by atoms with Gasteiger partial charge in [0.2, 0.25) is 0 Å². The van der Waals surface area contributed by atoms with Crippen LogP contribution in [0.25, 0.3) is 0 Å². The number of halogens is 1. The number of benzene rings is 2. The molecule has 0 saturated carbocycles. The molecule has 2 heterocycles. The van der Waals surface area contributed by atoms with E-state index in [1.54, 1.807) is 24.3 Å². The number of rotatable bonds is 6. The Hall–Kier alpha value is -2.53.